The maximum Gasteiger partial charge on any atom is 0.100 e. The number of rotatable bonds is 0. The molecular formula is C8H14F2. The SMILES string of the molecule is FC1CCCC(F)CCC1. The first-order chi connectivity index (χ1) is 4.79. The van der Waals surface area contributed by atoms with Crippen molar-refractivity contribution in [3.63, 3.8) is 0 Å². The van der Waals surface area contributed by atoms with E-state index in [0.717, 1.165) is 12.8 Å². The van der Waals surface area contributed by atoms with E-state index in [4.69, 9.17) is 0 Å². The third-order valence-corrected chi connectivity index (χ3v) is 2.07. The summed E-state index contributed by atoms with van der Waals surface area (Å²) in [5, 5.41) is 0. The van der Waals surface area contributed by atoms with Gasteiger partial charge in [0.2, 0.25) is 0 Å². The van der Waals surface area contributed by atoms with Crippen molar-refractivity contribution in [2.24, 2.45) is 0 Å². The molecule has 0 aromatic rings. The van der Waals surface area contributed by atoms with E-state index in [1.807, 2.05) is 0 Å². The van der Waals surface area contributed by atoms with Crippen LogP contribution in [0.25, 0.3) is 0 Å². The standard InChI is InChI=1S/C8H14F2/c9-7-3-1-4-8(10)6-2-5-7/h7-8H,1-6H2. The van der Waals surface area contributed by atoms with Gasteiger partial charge in [-0.3, -0.25) is 0 Å². The Morgan fingerprint density at radius 2 is 1.00 bits per heavy atom. The van der Waals surface area contributed by atoms with Crippen LogP contribution in [0.5, 0.6) is 0 Å². The summed E-state index contributed by atoms with van der Waals surface area (Å²) >= 11 is 0. The van der Waals surface area contributed by atoms with Gasteiger partial charge in [0, 0.05) is 0 Å². The minimum absolute atomic E-state index is 0.570. The first kappa shape index (κ1) is 7.96. The predicted octanol–water partition coefficient (Wildman–Crippen LogP) is 3.02. The van der Waals surface area contributed by atoms with Gasteiger partial charge in [-0.05, 0) is 38.5 Å². The van der Waals surface area contributed by atoms with Crippen LogP contribution in [0, 0.1) is 0 Å². The van der Waals surface area contributed by atoms with Crippen LogP contribution in [0.3, 0.4) is 0 Å². The fraction of sp³-hybridized carbons (Fsp3) is 1.00. The topological polar surface area (TPSA) is 0 Å². The van der Waals surface area contributed by atoms with Crippen LogP contribution in [0.2, 0.25) is 0 Å². The Kier molecular flexibility index (Phi) is 3.10. The molecule has 1 aliphatic carbocycles. The first-order valence-electron chi connectivity index (χ1n) is 4.07. The molecule has 0 aromatic heterocycles. The third kappa shape index (κ3) is 2.63. The normalized spacial score (nSPS) is 36.6. The molecule has 0 amide bonds. The Labute approximate surface area is 60.6 Å². The third-order valence-electron chi connectivity index (χ3n) is 2.07. The molecule has 1 rings (SSSR count). The Balaban J connectivity index is 2.21. The highest BCUT2D eigenvalue weighted by Gasteiger charge is 2.14. The number of hydrogen-bond acceptors (Lipinski definition) is 0. The summed E-state index contributed by atoms with van der Waals surface area (Å²) < 4.78 is 25.3. The lowest BCUT2D eigenvalue weighted by Crippen LogP contribution is -2.09. The van der Waals surface area contributed by atoms with Gasteiger partial charge in [0.15, 0.2) is 0 Å². The lowest BCUT2D eigenvalue weighted by molar-refractivity contribution is 0.211. The second kappa shape index (κ2) is 3.89. The van der Waals surface area contributed by atoms with Gasteiger partial charge < -0.3 is 0 Å². The zero-order valence-electron chi connectivity index (χ0n) is 6.15. The van der Waals surface area contributed by atoms with Crippen molar-refractivity contribution >= 4 is 0 Å². The largest absolute Gasteiger partial charge is 0.247 e. The number of alkyl halides is 2. The van der Waals surface area contributed by atoms with Crippen molar-refractivity contribution in [3.05, 3.63) is 0 Å². The van der Waals surface area contributed by atoms with E-state index in [1.165, 1.54) is 0 Å². The van der Waals surface area contributed by atoms with Gasteiger partial charge in [-0.15, -0.1) is 0 Å². The molecule has 0 saturated heterocycles. The minimum atomic E-state index is -0.660. The second-order valence-electron chi connectivity index (χ2n) is 3.06. The molecule has 0 N–H and O–H groups in total. The van der Waals surface area contributed by atoms with Crippen LogP contribution < -0.4 is 0 Å². The molecule has 0 nitrogen and oxygen atoms in total. The van der Waals surface area contributed by atoms with Gasteiger partial charge in [0.05, 0.1) is 0 Å². The molecule has 0 spiro atoms. The first-order valence-corrected chi connectivity index (χ1v) is 4.07. The molecule has 10 heavy (non-hydrogen) atoms. The molecule has 0 aliphatic heterocycles. The van der Waals surface area contributed by atoms with Gasteiger partial charge in [-0.1, -0.05) is 0 Å². The van der Waals surface area contributed by atoms with E-state index in [2.05, 4.69) is 0 Å². The lowest BCUT2D eigenvalue weighted by Gasteiger charge is -2.14. The average molecular weight is 148 g/mol. The van der Waals surface area contributed by atoms with Gasteiger partial charge in [0.25, 0.3) is 0 Å². The highest BCUT2D eigenvalue weighted by atomic mass is 19.1. The fourth-order valence-electron chi connectivity index (χ4n) is 1.41. The fourth-order valence-corrected chi connectivity index (χ4v) is 1.41. The maximum atomic E-state index is 12.6. The van der Waals surface area contributed by atoms with E-state index in [-0.39, 0.29) is 0 Å². The molecule has 0 aromatic carbocycles. The number of halogens is 2. The quantitative estimate of drug-likeness (QED) is 0.495. The Morgan fingerprint density at radius 1 is 0.700 bits per heavy atom. The summed E-state index contributed by atoms with van der Waals surface area (Å²) in [5.41, 5.74) is 0. The van der Waals surface area contributed by atoms with E-state index in [9.17, 15) is 8.78 Å². The molecule has 0 heterocycles. The smallest absolute Gasteiger partial charge is 0.100 e. The molecule has 60 valence electrons. The molecule has 0 radical (unpaired) electrons. The average Bonchev–Trinajstić information content (AvgIpc) is 1.84. The van der Waals surface area contributed by atoms with Crippen LogP contribution in [-0.2, 0) is 0 Å². The molecule has 0 unspecified atom stereocenters. The molecule has 1 saturated carbocycles. The summed E-state index contributed by atoms with van der Waals surface area (Å²) in [5.74, 6) is 0. The molecule has 1 fully saturated rings. The van der Waals surface area contributed by atoms with E-state index in [0.29, 0.717) is 25.7 Å². The maximum absolute atomic E-state index is 12.6. The molecule has 0 bridgehead atoms. The van der Waals surface area contributed by atoms with Crippen molar-refractivity contribution in [3.8, 4) is 0 Å². The number of hydrogen-bond donors (Lipinski definition) is 0. The van der Waals surface area contributed by atoms with Gasteiger partial charge in [-0.25, -0.2) is 8.78 Å². The highest BCUT2D eigenvalue weighted by molar-refractivity contribution is 4.66. The Morgan fingerprint density at radius 3 is 1.30 bits per heavy atom. The van der Waals surface area contributed by atoms with E-state index >= 15 is 0 Å². The summed E-state index contributed by atoms with van der Waals surface area (Å²) in [6.45, 7) is 0. The minimum Gasteiger partial charge on any atom is -0.247 e. The molecule has 1 aliphatic rings. The summed E-state index contributed by atoms with van der Waals surface area (Å²) in [4.78, 5) is 0. The molecular weight excluding hydrogens is 134 g/mol. The predicted molar refractivity (Wildman–Crippen MR) is 37.5 cm³/mol. The van der Waals surface area contributed by atoms with Gasteiger partial charge >= 0.3 is 0 Å². The molecule has 2 heteroatoms. The summed E-state index contributed by atoms with van der Waals surface area (Å²) in [6, 6.07) is 0. The van der Waals surface area contributed by atoms with Crippen molar-refractivity contribution in [2.45, 2.75) is 50.9 Å². The zero-order valence-corrected chi connectivity index (χ0v) is 6.15. The zero-order chi connectivity index (χ0) is 7.40. The summed E-state index contributed by atoms with van der Waals surface area (Å²) in [7, 11) is 0. The van der Waals surface area contributed by atoms with Crippen LogP contribution in [0.15, 0.2) is 0 Å². The highest BCUT2D eigenvalue weighted by Crippen LogP contribution is 2.21. The lowest BCUT2D eigenvalue weighted by atomic mass is 9.98. The van der Waals surface area contributed by atoms with Crippen molar-refractivity contribution < 1.29 is 8.78 Å². The Bertz CT molecular complexity index is 73.3. The van der Waals surface area contributed by atoms with E-state index in [1.54, 1.807) is 0 Å². The van der Waals surface area contributed by atoms with Crippen molar-refractivity contribution in [1.82, 2.24) is 0 Å². The van der Waals surface area contributed by atoms with E-state index < -0.39 is 12.3 Å². The monoisotopic (exact) mass is 148 g/mol. The summed E-state index contributed by atoms with van der Waals surface area (Å²) in [6.07, 6.45) is 2.41. The van der Waals surface area contributed by atoms with Crippen LogP contribution in [-0.4, -0.2) is 12.3 Å². The molecule has 0 atom stereocenters. The van der Waals surface area contributed by atoms with Crippen LogP contribution >= 0.6 is 0 Å². The Hall–Kier alpha value is -0.140. The van der Waals surface area contributed by atoms with Crippen LogP contribution in [0.4, 0.5) is 8.78 Å². The van der Waals surface area contributed by atoms with Crippen molar-refractivity contribution in [1.29, 1.82) is 0 Å². The van der Waals surface area contributed by atoms with Gasteiger partial charge in [0.1, 0.15) is 12.3 Å². The second-order valence-corrected chi connectivity index (χ2v) is 3.06. The van der Waals surface area contributed by atoms with Gasteiger partial charge in [-0.2, -0.15) is 0 Å². The van der Waals surface area contributed by atoms with Crippen molar-refractivity contribution in [2.75, 3.05) is 0 Å². The van der Waals surface area contributed by atoms with Crippen LogP contribution in [0.1, 0.15) is 38.5 Å².